The quantitative estimate of drug-likeness (QED) is 0.595. The lowest BCUT2D eigenvalue weighted by Crippen LogP contribution is -2.43. The summed E-state index contributed by atoms with van der Waals surface area (Å²) in [5, 5.41) is 9.08. The van der Waals surface area contributed by atoms with Crippen molar-refractivity contribution in [3.05, 3.63) is 0 Å². The van der Waals surface area contributed by atoms with E-state index in [0.29, 0.717) is 35.1 Å². The largest absolute Gasteiger partial charge is 0.396 e. The van der Waals surface area contributed by atoms with Gasteiger partial charge in [0.2, 0.25) is 0 Å². The SMILES string of the molecule is CC(C)[Si](C#C[C@H]1C[C@H]1CO)(C(C)C)C(C)C. The first kappa shape index (κ1) is 14.8. The lowest BCUT2D eigenvalue weighted by atomic mass is 10.3. The topological polar surface area (TPSA) is 20.2 Å². The van der Waals surface area contributed by atoms with Gasteiger partial charge < -0.3 is 5.11 Å². The zero-order valence-corrected chi connectivity index (χ0v) is 13.2. The number of hydrogen-bond acceptors (Lipinski definition) is 1. The van der Waals surface area contributed by atoms with Gasteiger partial charge in [-0.05, 0) is 29.0 Å². The van der Waals surface area contributed by atoms with Crippen LogP contribution in [0.4, 0.5) is 0 Å². The third kappa shape index (κ3) is 2.95. The Bertz CT molecular complexity index is 287. The summed E-state index contributed by atoms with van der Waals surface area (Å²) in [6.45, 7) is 14.4. The van der Waals surface area contributed by atoms with E-state index in [1.165, 1.54) is 0 Å². The summed E-state index contributed by atoms with van der Waals surface area (Å²) in [4.78, 5) is 0. The zero-order chi connectivity index (χ0) is 13.2. The molecule has 0 saturated heterocycles. The third-order valence-corrected chi connectivity index (χ3v) is 10.8. The highest BCUT2D eigenvalue weighted by molar-refractivity contribution is 6.90. The van der Waals surface area contributed by atoms with Gasteiger partial charge >= 0.3 is 0 Å². The van der Waals surface area contributed by atoms with E-state index in [1.54, 1.807) is 0 Å². The van der Waals surface area contributed by atoms with E-state index < -0.39 is 8.07 Å². The maximum Gasteiger partial charge on any atom is 0.145 e. The fraction of sp³-hybridized carbons (Fsp3) is 0.867. The number of aliphatic hydroxyl groups is 1. The van der Waals surface area contributed by atoms with Crippen LogP contribution in [0.15, 0.2) is 0 Å². The van der Waals surface area contributed by atoms with Crippen LogP contribution in [0, 0.1) is 23.3 Å². The van der Waals surface area contributed by atoms with Crippen LogP contribution in [0.3, 0.4) is 0 Å². The molecule has 1 saturated carbocycles. The molecule has 0 unspecified atom stereocenters. The fourth-order valence-electron chi connectivity index (χ4n) is 3.28. The molecule has 1 N–H and O–H groups in total. The molecule has 1 nitrogen and oxygen atoms in total. The highest BCUT2D eigenvalue weighted by atomic mass is 28.3. The summed E-state index contributed by atoms with van der Waals surface area (Å²) < 4.78 is 0. The molecule has 17 heavy (non-hydrogen) atoms. The predicted molar refractivity (Wildman–Crippen MR) is 77.5 cm³/mol. The van der Waals surface area contributed by atoms with E-state index in [9.17, 15) is 0 Å². The second-order valence-corrected chi connectivity index (χ2v) is 12.0. The van der Waals surface area contributed by atoms with E-state index in [0.717, 1.165) is 6.42 Å². The Hall–Kier alpha value is -0.263. The first-order valence-corrected chi connectivity index (χ1v) is 9.23. The van der Waals surface area contributed by atoms with Crippen LogP contribution >= 0.6 is 0 Å². The van der Waals surface area contributed by atoms with Crippen LogP contribution in [-0.2, 0) is 0 Å². The first-order chi connectivity index (χ1) is 7.86. The molecule has 1 rings (SSSR count). The molecule has 0 amide bonds. The lowest BCUT2D eigenvalue weighted by Gasteiger charge is -2.38. The molecule has 1 aliphatic rings. The Morgan fingerprint density at radius 2 is 1.53 bits per heavy atom. The van der Waals surface area contributed by atoms with Crippen molar-refractivity contribution in [1.29, 1.82) is 0 Å². The zero-order valence-electron chi connectivity index (χ0n) is 12.2. The Labute approximate surface area is 108 Å². The molecule has 2 atom stereocenters. The Morgan fingerprint density at radius 3 is 1.82 bits per heavy atom. The normalized spacial score (nSPS) is 24.1. The van der Waals surface area contributed by atoms with E-state index in [2.05, 4.69) is 53.0 Å². The van der Waals surface area contributed by atoms with Gasteiger partial charge in [-0.25, -0.2) is 0 Å². The van der Waals surface area contributed by atoms with Gasteiger partial charge in [-0.1, -0.05) is 41.5 Å². The number of aliphatic hydroxyl groups excluding tert-OH is 1. The van der Waals surface area contributed by atoms with Crippen molar-refractivity contribution in [2.45, 2.75) is 64.6 Å². The lowest BCUT2D eigenvalue weighted by molar-refractivity contribution is 0.273. The summed E-state index contributed by atoms with van der Waals surface area (Å²) in [5.74, 6) is 4.46. The minimum absolute atomic E-state index is 0.318. The Balaban J connectivity index is 2.91. The molecule has 0 aromatic carbocycles. The molecule has 0 radical (unpaired) electrons. The molecule has 1 fully saturated rings. The molecule has 0 aromatic heterocycles. The molecular formula is C15H28OSi. The van der Waals surface area contributed by atoms with Crippen LogP contribution in [0.5, 0.6) is 0 Å². The van der Waals surface area contributed by atoms with Crippen molar-refractivity contribution in [2.24, 2.45) is 11.8 Å². The molecule has 0 bridgehead atoms. The molecule has 1 aliphatic carbocycles. The summed E-state index contributed by atoms with van der Waals surface area (Å²) in [6.07, 6.45) is 1.11. The second-order valence-electron chi connectivity index (χ2n) is 6.45. The molecule has 0 spiro atoms. The second kappa shape index (κ2) is 5.59. The van der Waals surface area contributed by atoms with Gasteiger partial charge in [0.15, 0.2) is 0 Å². The predicted octanol–water partition coefficient (Wildman–Crippen LogP) is 3.84. The molecule has 0 heterocycles. The summed E-state index contributed by atoms with van der Waals surface area (Å²) in [7, 11) is -1.54. The van der Waals surface area contributed by atoms with E-state index >= 15 is 0 Å². The summed E-state index contributed by atoms with van der Waals surface area (Å²) in [6, 6.07) is 0. The molecule has 0 aromatic rings. The summed E-state index contributed by atoms with van der Waals surface area (Å²) in [5.41, 5.74) is 5.86. The van der Waals surface area contributed by atoms with Crippen LogP contribution in [-0.4, -0.2) is 19.8 Å². The van der Waals surface area contributed by atoms with Crippen molar-refractivity contribution >= 4 is 8.07 Å². The van der Waals surface area contributed by atoms with E-state index in [1.807, 2.05) is 0 Å². The minimum Gasteiger partial charge on any atom is -0.396 e. The standard InChI is InChI=1S/C15H28OSi/c1-11(2)17(12(3)4,13(5)6)8-7-14-9-15(14)10-16/h11-16H,9-10H2,1-6H3/t14-,15-/m0/s1. The van der Waals surface area contributed by atoms with Crippen LogP contribution in [0.25, 0.3) is 0 Å². The number of hydrogen-bond donors (Lipinski definition) is 1. The smallest absolute Gasteiger partial charge is 0.145 e. The molecule has 2 heteroatoms. The van der Waals surface area contributed by atoms with Crippen molar-refractivity contribution in [3.8, 4) is 11.5 Å². The Kier molecular flexibility index (Phi) is 4.86. The fourth-order valence-corrected chi connectivity index (χ4v) is 8.58. The molecule has 98 valence electrons. The third-order valence-electron chi connectivity index (χ3n) is 4.50. The van der Waals surface area contributed by atoms with Crippen molar-refractivity contribution < 1.29 is 5.11 Å². The van der Waals surface area contributed by atoms with Gasteiger partial charge in [0.1, 0.15) is 8.07 Å². The van der Waals surface area contributed by atoms with Gasteiger partial charge in [0.05, 0.1) is 0 Å². The van der Waals surface area contributed by atoms with Crippen molar-refractivity contribution in [2.75, 3.05) is 6.61 Å². The van der Waals surface area contributed by atoms with Crippen LogP contribution in [0.2, 0.25) is 16.6 Å². The van der Waals surface area contributed by atoms with Crippen molar-refractivity contribution in [1.82, 2.24) is 0 Å². The van der Waals surface area contributed by atoms with Gasteiger partial charge in [-0.2, -0.15) is 0 Å². The van der Waals surface area contributed by atoms with E-state index in [-0.39, 0.29) is 0 Å². The van der Waals surface area contributed by atoms with Gasteiger partial charge in [0, 0.05) is 12.5 Å². The average molecular weight is 252 g/mol. The van der Waals surface area contributed by atoms with Crippen LogP contribution in [0.1, 0.15) is 48.0 Å². The minimum atomic E-state index is -1.54. The van der Waals surface area contributed by atoms with Gasteiger partial charge in [-0.15, -0.1) is 11.5 Å². The maximum atomic E-state index is 9.08. The van der Waals surface area contributed by atoms with E-state index in [4.69, 9.17) is 5.11 Å². The Morgan fingerprint density at radius 1 is 1.06 bits per heavy atom. The van der Waals surface area contributed by atoms with Crippen LogP contribution < -0.4 is 0 Å². The highest BCUT2D eigenvalue weighted by Crippen LogP contribution is 2.42. The van der Waals surface area contributed by atoms with Gasteiger partial charge in [0.25, 0.3) is 0 Å². The molecule has 0 aliphatic heterocycles. The molecular weight excluding hydrogens is 224 g/mol. The monoisotopic (exact) mass is 252 g/mol. The number of rotatable bonds is 4. The maximum absolute atomic E-state index is 9.08. The van der Waals surface area contributed by atoms with Gasteiger partial charge in [-0.3, -0.25) is 0 Å². The first-order valence-electron chi connectivity index (χ1n) is 6.99. The highest BCUT2D eigenvalue weighted by Gasteiger charge is 2.42. The average Bonchev–Trinajstić information content (AvgIpc) is 2.95. The summed E-state index contributed by atoms with van der Waals surface area (Å²) >= 11 is 0. The van der Waals surface area contributed by atoms with Crippen molar-refractivity contribution in [3.63, 3.8) is 0 Å².